The van der Waals surface area contributed by atoms with Crippen LogP contribution in [-0.2, 0) is 0 Å². The summed E-state index contributed by atoms with van der Waals surface area (Å²) in [7, 11) is 0. The Labute approximate surface area is 70.8 Å². The molecule has 0 saturated heterocycles. The van der Waals surface area contributed by atoms with Crippen LogP contribution in [0.25, 0.3) is 5.52 Å². The van der Waals surface area contributed by atoms with Gasteiger partial charge in [-0.2, -0.15) is 0 Å². The van der Waals surface area contributed by atoms with Gasteiger partial charge in [-0.1, -0.05) is 0 Å². The number of pyridine rings is 1. The molecule has 0 fully saturated rings. The topological polar surface area (TPSA) is 17.3 Å². The summed E-state index contributed by atoms with van der Waals surface area (Å²) in [5.74, 6) is -0.259. The van der Waals surface area contributed by atoms with E-state index in [1.54, 1.807) is 16.7 Å². The van der Waals surface area contributed by atoms with Crippen LogP contribution < -0.4 is 0 Å². The molecule has 0 bridgehead atoms. The van der Waals surface area contributed by atoms with E-state index in [2.05, 4.69) is 20.9 Å². The lowest BCUT2D eigenvalue weighted by molar-refractivity contribution is 0.633. The Morgan fingerprint density at radius 2 is 2.36 bits per heavy atom. The quantitative estimate of drug-likeness (QED) is 0.658. The third kappa shape index (κ3) is 0.939. The fraction of sp³-hybridized carbons (Fsp3) is 0. The molecule has 0 radical (unpaired) electrons. The molecule has 4 heteroatoms. The number of imidazole rings is 1. The van der Waals surface area contributed by atoms with Gasteiger partial charge in [-0.15, -0.1) is 0 Å². The molecule has 0 N–H and O–H groups in total. The molecule has 0 aliphatic rings. The second-order valence-corrected chi connectivity index (χ2v) is 2.85. The molecule has 0 saturated carbocycles. The highest BCUT2D eigenvalue weighted by molar-refractivity contribution is 9.10. The zero-order valence-electron chi connectivity index (χ0n) is 5.46. The highest BCUT2D eigenvalue weighted by Gasteiger charge is 2.02. The van der Waals surface area contributed by atoms with Gasteiger partial charge in [-0.05, 0) is 28.1 Å². The molecule has 0 atom stereocenters. The summed E-state index contributed by atoms with van der Waals surface area (Å²) in [4.78, 5) is 3.90. The van der Waals surface area contributed by atoms with Crippen molar-refractivity contribution in [3.8, 4) is 0 Å². The number of hydrogen-bond donors (Lipinski definition) is 0. The van der Waals surface area contributed by atoms with Crippen molar-refractivity contribution in [1.29, 1.82) is 0 Å². The van der Waals surface area contributed by atoms with Gasteiger partial charge in [-0.3, -0.25) is 4.40 Å². The fourth-order valence-electron chi connectivity index (χ4n) is 0.956. The molecule has 56 valence electrons. The first kappa shape index (κ1) is 6.79. The maximum Gasteiger partial charge on any atom is 0.181 e. The third-order valence-electron chi connectivity index (χ3n) is 1.47. The van der Waals surface area contributed by atoms with Gasteiger partial charge in [0, 0.05) is 6.20 Å². The van der Waals surface area contributed by atoms with Gasteiger partial charge in [0.25, 0.3) is 0 Å². The molecule has 0 amide bonds. The highest BCUT2D eigenvalue weighted by atomic mass is 79.9. The summed E-state index contributed by atoms with van der Waals surface area (Å²) in [6.45, 7) is 0. The third-order valence-corrected chi connectivity index (χ3v) is 2.06. The van der Waals surface area contributed by atoms with Crippen molar-refractivity contribution >= 4 is 21.4 Å². The first-order valence-electron chi connectivity index (χ1n) is 3.06. The van der Waals surface area contributed by atoms with Gasteiger partial charge in [0.2, 0.25) is 0 Å². The van der Waals surface area contributed by atoms with Gasteiger partial charge in [0.15, 0.2) is 4.73 Å². The molecule has 2 rings (SSSR count). The monoisotopic (exact) mass is 214 g/mol. The number of rotatable bonds is 0. The van der Waals surface area contributed by atoms with E-state index in [0.717, 1.165) is 0 Å². The number of halogens is 2. The summed E-state index contributed by atoms with van der Waals surface area (Å²) in [6.07, 6.45) is 3.23. The number of fused-ring (bicyclic) bond motifs is 1. The molecule has 2 aromatic heterocycles. The molecule has 0 aliphatic heterocycles. The molecular formula is C7H4BrFN2. The summed E-state index contributed by atoms with van der Waals surface area (Å²) >= 11 is 3.19. The first-order valence-corrected chi connectivity index (χ1v) is 3.85. The minimum atomic E-state index is -0.259. The number of nitrogens with zero attached hydrogens (tertiary/aromatic N) is 2. The Morgan fingerprint density at radius 3 is 3.09 bits per heavy atom. The summed E-state index contributed by atoms with van der Waals surface area (Å²) < 4.78 is 15.2. The van der Waals surface area contributed by atoms with Crippen molar-refractivity contribution in [3.05, 3.63) is 35.1 Å². The van der Waals surface area contributed by atoms with Crippen molar-refractivity contribution in [3.63, 3.8) is 0 Å². The van der Waals surface area contributed by atoms with Crippen molar-refractivity contribution < 1.29 is 4.39 Å². The standard InChI is InChI=1S/C7H4BrFN2/c8-7-10-4-6-5(9)2-1-3-11(6)7/h1-4H. The van der Waals surface area contributed by atoms with E-state index in [9.17, 15) is 4.39 Å². The van der Waals surface area contributed by atoms with Crippen LogP contribution in [0.2, 0.25) is 0 Å². The normalized spacial score (nSPS) is 10.7. The molecule has 11 heavy (non-hydrogen) atoms. The van der Waals surface area contributed by atoms with Crippen molar-refractivity contribution in [2.75, 3.05) is 0 Å². The van der Waals surface area contributed by atoms with E-state index in [4.69, 9.17) is 0 Å². The lowest BCUT2D eigenvalue weighted by atomic mass is 10.4. The van der Waals surface area contributed by atoms with Gasteiger partial charge >= 0.3 is 0 Å². The Bertz CT molecular complexity index is 396. The first-order chi connectivity index (χ1) is 5.29. The molecule has 0 spiro atoms. The molecule has 0 aliphatic carbocycles. The van der Waals surface area contributed by atoms with Gasteiger partial charge in [0.05, 0.1) is 6.20 Å². The molecule has 2 heterocycles. The SMILES string of the molecule is Fc1cccn2c(Br)ncc12. The van der Waals surface area contributed by atoms with Crippen molar-refractivity contribution in [2.24, 2.45) is 0 Å². The molecule has 0 unspecified atom stereocenters. The van der Waals surface area contributed by atoms with Crippen molar-refractivity contribution in [1.82, 2.24) is 9.38 Å². The fourth-order valence-corrected chi connectivity index (χ4v) is 1.37. The lowest BCUT2D eigenvalue weighted by Crippen LogP contribution is -1.85. The molecule has 2 nitrogen and oxygen atoms in total. The zero-order chi connectivity index (χ0) is 7.84. The Morgan fingerprint density at radius 1 is 1.55 bits per heavy atom. The minimum Gasteiger partial charge on any atom is -0.292 e. The van der Waals surface area contributed by atoms with E-state index >= 15 is 0 Å². The highest BCUT2D eigenvalue weighted by Crippen LogP contribution is 2.14. The Kier molecular flexibility index (Phi) is 1.42. The van der Waals surface area contributed by atoms with E-state index in [-0.39, 0.29) is 5.82 Å². The van der Waals surface area contributed by atoms with Crippen LogP contribution in [0.3, 0.4) is 0 Å². The van der Waals surface area contributed by atoms with Crippen LogP contribution in [-0.4, -0.2) is 9.38 Å². The number of hydrogen-bond acceptors (Lipinski definition) is 1. The lowest BCUT2D eigenvalue weighted by Gasteiger charge is -1.93. The molecule has 2 aromatic rings. The Hall–Kier alpha value is -0.900. The second-order valence-electron chi connectivity index (χ2n) is 2.14. The maximum absolute atomic E-state index is 12.9. The maximum atomic E-state index is 12.9. The van der Waals surface area contributed by atoms with Gasteiger partial charge in [0.1, 0.15) is 11.3 Å². The largest absolute Gasteiger partial charge is 0.292 e. The molecule has 0 aromatic carbocycles. The summed E-state index contributed by atoms with van der Waals surface area (Å²) in [5, 5.41) is 0. The summed E-state index contributed by atoms with van der Waals surface area (Å²) in [6, 6.07) is 3.04. The van der Waals surface area contributed by atoms with Crippen LogP contribution >= 0.6 is 15.9 Å². The van der Waals surface area contributed by atoms with Crippen LogP contribution in [0, 0.1) is 5.82 Å². The van der Waals surface area contributed by atoms with E-state index in [1.807, 2.05) is 0 Å². The number of aromatic nitrogens is 2. The minimum absolute atomic E-state index is 0.259. The summed E-state index contributed by atoms with van der Waals surface area (Å²) in [5.41, 5.74) is 0.486. The van der Waals surface area contributed by atoms with E-state index in [1.165, 1.54) is 12.3 Å². The zero-order valence-corrected chi connectivity index (χ0v) is 7.05. The van der Waals surface area contributed by atoms with Gasteiger partial charge in [-0.25, -0.2) is 9.37 Å². The van der Waals surface area contributed by atoms with Crippen LogP contribution in [0.15, 0.2) is 29.3 Å². The average Bonchev–Trinajstić information content (AvgIpc) is 2.35. The average molecular weight is 215 g/mol. The molecular weight excluding hydrogens is 211 g/mol. The predicted molar refractivity (Wildman–Crippen MR) is 42.9 cm³/mol. The van der Waals surface area contributed by atoms with Crippen LogP contribution in [0.4, 0.5) is 4.39 Å². The second kappa shape index (κ2) is 2.30. The van der Waals surface area contributed by atoms with Gasteiger partial charge < -0.3 is 0 Å². The van der Waals surface area contributed by atoms with E-state index < -0.39 is 0 Å². The smallest absolute Gasteiger partial charge is 0.181 e. The van der Waals surface area contributed by atoms with E-state index in [0.29, 0.717) is 10.3 Å². The van der Waals surface area contributed by atoms with Crippen molar-refractivity contribution in [2.45, 2.75) is 0 Å². The Balaban J connectivity index is 2.94. The predicted octanol–water partition coefficient (Wildman–Crippen LogP) is 2.24. The van der Waals surface area contributed by atoms with Crippen LogP contribution in [0.5, 0.6) is 0 Å². The van der Waals surface area contributed by atoms with Crippen LogP contribution in [0.1, 0.15) is 0 Å².